The molecule has 120 valence electrons. The number of nitrogens with two attached hydrogens (primary N) is 1. The highest BCUT2D eigenvalue weighted by Gasteiger charge is 2.46. The van der Waals surface area contributed by atoms with Gasteiger partial charge in [-0.1, -0.05) is 0 Å². The monoisotopic (exact) mass is 326 g/mol. The van der Waals surface area contributed by atoms with E-state index < -0.39 is 28.8 Å². The van der Waals surface area contributed by atoms with Gasteiger partial charge in [-0.3, -0.25) is 0 Å². The predicted molar refractivity (Wildman–Crippen MR) is 69.0 cm³/mol. The molecule has 0 spiro atoms. The lowest BCUT2D eigenvalue weighted by atomic mass is 10.2. The zero-order valence-electron chi connectivity index (χ0n) is 11.7. The Bertz CT molecular complexity index is 633. The Morgan fingerprint density at radius 3 is 2.29 bits per heavy atom. The zero-order valence-corrected chi connectivity index (χ0v) is 12.5. The summed E-state index contributed by atoms with van der Waals surface area (Å²) in [5, 5.41) is 0. The third kappa shape index (κ3) is 3.24. The van der Waals surface area contributed by atoms with Gasteiger partial charge in [0.15, 0.2) is 0 Å². The van der Waals surface area contributed by atoms with Crippen LogP contribution in [0.15, 0.2) is 9.31 Å². The fourth-order valence-electron chi connectivity index (χ4n) is 2.35. The Hall–Kier alpha value is -1.06. The molecule has 0 aliphatic heterocycles. The van der Waals surface area contributed by atoms with Crippen LogP contribution in [0.3, 0.4) is 0 Å². The van der Waals surface area contributed by atoms with Gasteiger partial charge in [-0.25, -0.2) is 8.42 Å². The molecule has 0 bridgehead atoms. The Labute approximate surface area is 120 Å². The highest BCUT2D eigenvalue weighted by Crippen LogP contribution is 2.37. The summed E-state index contributed by atoms with van der Waals surface area (Å²) in [6.45, 7) is 1.35. The van der Waals surface area contributed by atoms with Crippen molar-refractivity contribution in [1.29, 1.82) is 0 Å². The molecular weight excluding hydrogens is 309 g/mol. The van der Waals surface area contributed by atoms with Crippen LogP contribution in [0.2, 0.25) is 0 Å². The van der Waals surface area contributed by atoms with E-state index in [9.17, 15) is 21.6 Å². The largest absolute Gasteiger partial charge is 0.465 e. The minimum Gasteiger partial charge on any atom is -0.465 e. The van der Waals surface area contributed by atoms with Gasteiger partial charge in [-0.15, -0.1) is 0 Å². The number of furan rings is 1. The lowest BCUT2D eigenvalue weighted by Crippen LogP contribution is -2.41. The number of rotatable bonds is 5. The number of alkyl halides is 3. The maximum Gasteiger partial charge on any atom is 0.402 e. The smallest absolute Gasteiger partial charge is 0.402 e. The summed E-state index contributed by atoms with van der Waals surface area (Å²) in [4.78, 5) is -0.223. The van der Waals surface area contributed by atoms with Crippen LogP contribution in [-0.2, 0) is 16.6 Å². The number of halogens is 3. The van der Waals surface area contributed by atoms with Crippen molar-refractivity contribution in [3.05, 3.63) is 17.1 Å². The second kappa shape index (κ2) is 5.29. The third-order valence-electron chi connectivity index (χ3n) is 3.39. The summed E-state index contributed by atoms with van der Waals surface area (Å²) in [5.41, 5.74) is 5.75. The zero-order chi connectivity index (χ0) is 16.0. The molecule has 0 amide bonds. The van der Waals surface area contributed by atoms with Gasteiger partial charge in [0, 0.05) is 18.2 Å². The van der Waals surface area contributed by atoms with E-state index in [-0.39, 0.29) is 22.8 Å². The van der Waals surface area contributed by atoms with Gasteiger partial charge < -0.3 is 10.2 Å². The number of nitrogens with zero attached hydrogens (tertiary/aromatic N) is 1. The van der Waals surface area contributed by atoms with Crippen molar-refractivity contribution in [2.24, 2.45) is 5.73 Å². The first-order valence-electron chi connectivity index (χ1n) is 6.45. The minimum atomic E-state index is -4.59. The Balaban J connectivity index is 2.49. The van der Waals surface area contributed by atoms with Crippen molar-refractivity contribution in [3.63, 3.8) is 0 Å². The third-order valence-corrected chi connectivity index (χ3v) is 5.48. The molecule has 2 rings (SSSR count). The molecule has 0 aromatic carbocycles. The SMILES string of the molecule is Cc1oc(C)c(S(=O)(=O)N(CC(F)(F)F)C2CC2)c1CN. The van der Waals surface area contributed by atoms with E-state index in [1.807, 2.05) is 0 Å². The average molecular weight is 326 g/mol. The molecule has 1 heterocycles. The van der Waals surface area contributed by atoms with Crippen molar-refractivity contribution >= 4 is 10.0 Å². The normalized spacial score (nSPS) is 16.7. The molecule has 1 saturated carbocycles. The Kier molecular flexibility index (Phi) is 4.11. The molecule has 5 nitrogen and oxygen atoms in total. The van der Waals surface area contributed by atoms with E-state index in [1.165, 1.54) is 6.92 Å². The van der Waals surface area contributed by atoms with E-state index in [4.69, 9.17) is 10.2 Å². The summed E-state index contributed by atoms with van der Waals surface area (Å²) >= 11 is 0. The van der Waals surface area contributed by atoms with Crippen molar-refractivity contribution < 1.29 is 26.0 Å². The summed E-state index contributed by atoms with van der Waals surface area (Å²) in [7, 11) is -4.28. The molecule has 1 aromatic rings. The van der Waals surface area contributed by atoms with Gasteiger partial charge in [0.2, 0.25) is 10.0 Å². The van der Waals surface area contributed by atoms with E-state index in [0.29, 0.717) is 22.9 Å². The van der Waals surface area contributed by atoms with E-state index in [2.05, 4.69) is 0 Å². The topological polar surface area (TPSA) is 76.5 Å². The van der Waals surface area contributed by atoms with Crippen LogP contribution in [-0.4, -0.2) is 31.5 Å². The Morgan fingerprint density at radius 1 is 1.29 bits per heavy atom. The van der Waals surface area contributed by atoms with Crippen molar-refractivity contribution in [1.82, 2.24) is 4.31 Å². The molecule has 0 radical (unpaired) electrons. The lowest BCUT2D eigenvalue weighted by molar-refractivity contribution is -0.137. The average Bonchev–Trinajstić information content (AvgIpc) is 3.10. The highest BCUT2D eigenvalue weighted by atomic mass is 32.2. The van der Waals surface area contributed by atoms with Crippen molar-refractivity contribution in [3.8, 4) is 0 Å². The first-order valence-corrected chi connectivity index (χ1v) is 7.89. The molecule has 1 fully saturated rings. The maximum absolute atomic E-state index is 12.7. The van der Waals surface area contributed by atoms with E-state index in [0.717, 1.165) is 0 Å². The summed E-state index contributed by atoms with van der Waals surface area (Å²) in [5.74, 6) is 0.386. The molecule has 1 aliphatic rings. The molecule has 21 heavy (non-hydrogen) atoms. The number of hydrogen-bond acceptors (Lipinski definition) is 4. The quantitative estimate of drug-likeness (QED) is 0.899. The fourth-order valence-corrected chi connectivity index (χ4v) is 4.45. The molecule has 0 saturated heterocycles. The van der Waals surface area contributed by atoms with E-state index >= 15 is 0 Å². The van der Waals surface area contributed by atoms with Gasteiger partial charge in [0.25, 0.3) is 0 Å². The lowest BCUT2D eigenvalue weighted by Gasteiger charge is -2.23. The van der Waals surface area contributed by atoms with Gasteiger partial charge in [-0.2, -0.15) is 17.5 Å². The Morgan fingerprint density at radius 2 is 1.86 bits per heavy atom. The first kappa shape index (κ1) is 16.3. The molecule has 0 atom stereocenters. The van der Waals surface area contributed by atoms with Crippen LogP contribution in [0.4, 0.5) is 13.2 Å². The van der Waals surface area contributed by atoms with Gasteiger partial charge in [0.1, 0.15) is 23.0 Å². The summed E-state index contributed by atoms with van der Waals surface area (Å²) in [6.07, 6.45) is -3.72. The molecule has 2 N–H and O–H groups in total. The van der Waals surface area contributed by atoms with Crippen LogP contribution in [0, 0.1) is 13.8 Å². The van der Waals surface area contributed by atoms with Crippen LogP contribution in [0.5, 0.6) is 0 Å². The second-order valence-corrected chi connectivity index (χ2v) is 6.95. The van der Waals surface area contributed by atoms with Crippen LogP contribution in [0.25, 0.3) is 0 Å². The molecular formula is C12H17F3N2O3S. The fraction of sp³-hybridized carbons (Fsp3) is 0.667. The minimum absolute atomic E-state index is 0.0702. The van der Waals surface area contributed by atoms with Crippen molar-refractivity contribution in [2.75, 3.05) is 6.54 Å². The number of aryl methyl sites for hydroxylation is 2. The van der Waals surface area contributed by atoms with Crippen LogP contribution in [0.1, 0.15) is 29.9 Å². The van der Waals surface area contributed by atoms with E-state index in [1.54, 1.807) is 6.92 Å². The maximum atomic E-state index is 12.7. The first-order chi connectivity index (χ1) is 9.58. The summed E-state index contributed by atoms with van der Waals surface area (Å²) in [6, 6.07) is -0.600. The second-order valence-electron chi connectivity index (χ2n) is 5.12. The molecule has 1 aromatic heterocycles. The van der Waals surface area contributed by atoms with Gasteiger partial charge in [0.05, 0.1) is 0 Å². The summed E-state index contributed by atoms with van der Waals surface area (Å²) < 4.78 is 69.0. The standard InChI is InChI=1S/C12H17F3N2O3S/c1-7-10(5-16)11(8(2)20-7)21(18,19)17(9-3-4-9)6-12(13,14)15/h9H,3-6,16H2,1-2H3. The molecule has 9 heteroatoms. The van der Waals surface area contributed by atoms with Crippen LogP contribution >= 0.6 is 0 Å². The van der Waals surface area contributed by atoms with Gasteiger partial charge >= 0.3 is 6.18 Å². The molecule has 1 aliphatic carbocycles. The predicted octanol–water partition coefficient (Wildman–Crippen LogP) is 2.07. The molecule has 0 unspecified atom stereocenters. The van der Waals surface area contributed by atoms with Crippen molar-refractivity contribution in [2.45, 2.75) is 50.3 Å². The van der Waals surface area contributed by atoms with Crippen LogP contribution < -0.4 is 5.73 Å². The highest BCUT2D eigenvalue weighted by molar-refractivity contribution is 7.89. The van der Waals surface area contributed by atoms with Gasteiger partial charge in [-0.05, 0) is 26.7 Å². The number of sulfonamides is 1. The number of hydrogen-bond donors (Lipinski definition) is 1.